The molecule has 0 radical (unpaired) electrons. The zero-order valence-corrected chi connectivity index (χ0v) is 13.2. The van der Waals surface area contributed by atoms with Crippen molar-refractivity contribution in [3.05, 3.63) is 66.7 Å². The molecule has 124 valence electrons. The fourth-order valence-corrected chi connectivity index (χ4v) is 2.32. The molecule has 1 atom stereocenters. The fourth-order valence-electron chi connectivity index (χ4n) is 2.32. The number of ether oxygens (including phenoxy) is 1. The molecule has 6 heteroatoms. The monoisotopic (exact) mass is 324 g/mol. The smallest absolute Gasteiger partial charge is 0.119 e. The number of aromatic nitrogens is 3. The topological polar surface area (TPSA) is 83.1 Å². The van der Waals surface area contributed by atoms with Gasteiger partial charge in [0.2, 0.25) is 0 Å². The number of pyridine rings is 1. The van der Waals surface area contributed by atoms with Crippen LogP contribution in [0.3, 0.4) is 0 Å². The minimum absolute atomic E-state index is 0.467. The van der Waals surface area contributed by atoms with E-state index in [4.69, 9.17) is 4.74 Å². The normalized spacial score (nSPS) is 12.0. The van der Waals surface area contributed by atoms with Crippen molar-refractivity contribution < 1.29 is 9.84 Å². The van der Waals surface area contributed by atoms with E-state index in [1.807, 2.05) is 42.6 Å². The van der Waals surface area contributed by atoms with Crippen molar-refractivity contribution in [1.29, 1.82) is 0 Å². The lowest BCUT2D eigenvalue weighted by molar-refractivity contribution is 0.171. The second-order valence-electron chi connectivity index (χ2n) is 5.37. The Bertz CT molecular complexity index is 715. The van der Waals surface area contributed by atoms with Crippen molar-refractivity contribution >= 4 is 0 Å². The molecular weight excluding hydrogens is 304 g/mol. The van der Waals surface area contributed by atoms with Gasteiger partial charge in [-0.25, -0.2) is 0 Å². The average Bonchev–Trinajstić information content (AvgIpc) is 3.17. The molecule has 0 aliphatic heterocycles. The lowest BCUT2D eigenvalue weighted by Gasteiger charge is -2.12. The highest BCUT2D eigenvalue weighted by Crippen LogP contribution is 2.21. The first-order chi connectivity index (χ1) is 11.8. The Morgan fingerprint density at radius 2 is 2.00 bits per heavy atom. The third-order valence-electron chi connectivity index (χ3n) is 3.64. The number of H-pyrrole nitrogens is 1. The number of nitrogens with zero attached hydrogens (tertiary/aromatic N) is 2. The van der Waals surface area contributed by atoms with Crippen LogP contribution in [0.2, 0.25) is 0 Å². The Morgan fingerprint density at radius 1 is 1.12 bits per heavy atom. The molecule has 1 aromatic carbocycles. The quantitative estimate of drug-likeness (QED) is 0.553. The molecule has 3 N–H and O–H groups in total. The molecule has 2 aromatic heterocycles. The highest BCUT2D eigenvalue weighted by Gasteiger charge is 2.06. The molecule has 2 heterocycles. The van der Waals surface area contributed by atoms with Crippen molar-refractivity contribution in [2.75, 3.05) is 19.7 Å². The number of hydrogen-bond donors (Lipinski definition) is 3. The summed E-state index contributed by atoms with van der Waals surface area (Å²) in [7, 11) is 0. The maximum atomic E-state index is 10.0. The number of aliphatic hydroxyl groups excluding tert-OH is 1. The maximum absolute atomic E-state index is 10.0. The van der Waals surface area contributed by atoms with Gasteiger partial charge in [0.05, 0.1) is 12.3 Å². The van der Waals surface area contributed by atoms with E-state index in [1.54, 1.807) is 18.6 Å². The van der Waals surface area contributed by atoms with Gasteiger partial charge < -0.3 is 15.2 Å². The van der Waals surface area contributed by atoms with Gasteiger partial charge in [-0.1, -0.05) is 18.2 Å². The summed E-state index contributed by atoms with van der Waals surface area (Å²) >= 11 is 0. The van der Waals surface area contributed by atoms with Crippen LogP contribution in [0.4, 0.5) is 0 Å². The SMILES string of the molecule is O[C@@H](CNCCOc1ccc(-c2cn[nH]c2)cc1)c1cccnc1. The molecule has 3 rings (SSSR count). The van der Waals surface area contributed by atoms with E-state index < -0.39 is 6.10 Å². The van der Waals surface area contributed by atoms with E-state index in [0.717, 1.165) is 22.4 Å². The first kappa shape index (κ1) is 16.2. The minimum Gasteiger partial charge on any atom is -0.492 e. The fraction of sp³-hybridized carbons (Fsp3) is 0.222. The number of benzene rings is 1. The van der Waals surface area contributed by atoms with Gasteiger partial charge in [-0.3, -0.25) is 10.1 Å². The summed E-state index contributed by atoms with van der Waals surface area (Å²) in [6.45, 7) is 1.65. The number of rotatable bonds is 8. The summed E-state index contributed by atoms with van der Waals surface area (Å²) in [5.41, 5.74) is 2.95. The molecule has 3 aromatic rings. The summed E-state index contributed by atoms with van der Waals surface area (Å²) in [4.78, 5) is 4.00. The van der Waals surface area contributed by atoms with E-state index in [2.05, 4.69) is 20.5 Å². The molecule has 0 amide bonds. The van der Waals surface area contributed by atoms with E-state index in [-0.39, 0.29) is 0 Å². The molecule has 0 aliphatic carbocycles. The highest BCUT2D eigenvalue weighted by atomic mass is 16.5. The third kappa shape index (κ3) is 4.41. The van der Waals surface area contributed by atoms with Crippen LogP contribution < -0.4 is 10.1 Å². The van der Waals surface area contributed by atoms with Crippen LogP contribution in [0.25, 0.3) is 11.1 Å². The Hall–Kier alpha value is -2.70. The lowest BCUT2D eigenvalue weighted by atomic mass is 10.1. The van der Waals surface area contributed by atoms with Crippen LogP contribution in [-0.2, 0) is 0 Å². The van der Waals surface area contributed by atoms with Crippen molar-refractivity contribution in [2.45, 2.75) is 6.10 Å². The second-order valence-corrected chi connectivity index (χ2v) is 5.37. The number of nitrogens with one attached hydrogen (secondary N) is 2. The Balaban J connectivity index is 1.37. The van der Waals surface area contributed by atoms with E-state index in [9.17, 15) is 5.11 Å². The van der Waals surface area contributed by atoms with Crippen molar-refractivity contribution in [1.82, 2.24) is 20.5 Å². The summed E-state index contributed by atoms with van der Waals surface area (Å²) in [6, 6.07) is 11.5. The van der Waals surface area contributed by atoms with Crippen molar-refractivity contribution in [2.24, 2.45) is 0 Å². The van der Waals surface area contributed by atoms with Crippen LogP contribution in [-0.4, -0.2) is 40.0 Å². The molecule has 0 fully saturated rings. The summed E-state index contributed by atoms with van der Waals surface area (Å²) in [6.07, 6.45) is 6.44. The number of hydrogen-bond acceptors (Lipinski definition) is 5. The van der Waals surface area contributed by atoms with Crippen LogP contribution in [0.1, 0.15) is 11.7 Å². The third-order valence-corrected chi connectivity index (χ3v) is 3.64. The van der Waals surface area contributed by atoms with Gasteiger partial charge in [-0.2, -0.15) is 5.10 Å². The summed E-state index contributed by atoms with van der Waals surface area (Å²) in [5.74, 6) is 0.817. The lowest BCUT2D eigenvalue weighted by Crippen LogP contribution is -2.26. The predicted octanol–water partition coefficient (Wildman–Crippen LogP) is 2.17. The van der Waals surface area contributed by atoms with Gasteiger partial charge in [0.15, 0.2) is 0 Å². The van der Waals surface area contributed by atoms with Gasteiger partial charge in [0.1, 0.15) is 12.4 Å². The molecule has 0 saturated carbocycles. The number of aliphatic hydroxyl groups is 1. The minimum atomic E-state index is -0.562. The zero-order chi connectivity index (χ0) is 16.6. The van der Waals surface area contributed by atoms with Crippen LogP contribution in [0.15, 0.2) is 61.2 Å². The first-order valence-corrected chi connectivity index (χ1v) is 7.83. The molecule has 0 aliphatic rings. The van der Waals surface area contributed by atoms with Gasteiger partial charge in [-0.15, -0.1) is 0 Å². The van der Waals surface area contributed by atoms with Gasteiger partial charge in [-0.05, 0) is 23.8 Å². The summed E-state index contributed by atoms with van der Waals surface area (Å²) in [5, 5.41) is 19.9. The van der Waals surface area contributed by atoms with Crippen LogP contribution >= 0.6 is 0 Å². The Morgan fingerprint density at radius 3 is 2.71 bits per heavy atom. The average molecular weight is 324 g/mol. The first-order valence-electron chi connectivity index (χ1n) is 7.83. The molecule has 6 nitrogen and oxygen atoms in total. The Labute approximate surface area is 140 Å². The second kappa shape index (κ2) is 8.24. The van der Waals surface area contributed by atoms with Crippen LogP contribution in [0.5, 0.6) is 5.75 Å². The van der Waals surface area contributed by atoms with Gasteiger partial charge in [0.25, 0.3) is 0 Å². The van der Waals surface area contributed by atoms with E-state index in [1.165, 1.54) is 0 Å². The van der Waals surface area contributed by atoms with Gasteiger partial charge >= 0.3 is 0 Å². The van der Waals surface area contributed by atoms with Crippen molar-refractivity contribution in [3.8, 4) is 16.9 Å². The van der Waals surface area contributed by atoms with Gasteiger partial charge in [0, 0.05) is 42.8 Å². The predicted molar refractivity (Wildman–Crippen MR) is 91.6 cm³/mol. The van der Waals surface area contributed by atoms with Crippen molar-refractivity contribution in [3.63, 3.8) is 0 Å². The summed E-state index contributed by atoms with van der Waals surface area (Å²) < 4.78 is 5.69. The van der Waals surface area contributed by atoms with E-state index >= 15 is 0 Å². The Kier molecular flexibility index (Phi) is 5.55. The standard InChI is InChI=1S/C18H20N4O2/c23-18(15-2-1-7-19-10-15)13-20-8-9-24-17-5-3-14(4-6-17)16-11-21-22-12-16/h1-7,10-12,18,20,23H,8-9,13H2,(H,21,22)/t18-/m0/s1. The molecule has 0 unspecified atom stereocenters. The molecule has 24 heavy (non-hydrogen) atoms. The zero-order valence-electron chi connectivity index (χ0n) is 13.2. The van der Waals surface area contributed by atoms with E-state index in [0.29, 0.717) is 19.7 Å². The molecule has 0 bridgehead atoms. The largest absolute Gasteiger partial charge is 0.492 e. The number of aromatic amines is 1. The molecular formula is C18H20N4O2. The maximum Gasteiger partial charge on any atom is 0.119 e. The molecule has 0 spiro atoms. The highest BCUT2D eigenvalue weighted by molar-refractivity contribution is 5.62. The van der Waals surface area contributed by atoms with Crippen LogP contribution in [0, 0.1) is 0 Å². The molecule has 0 saturated heterocycles.